The Bertz CT molecular complexity index is 556. The second-order valence-electron chi connectivity index (χ2n) is 4.45. The Balaban J connectivity index is 2.15. The second kappa shape index (κ2) is 7.36. The fraction of sp³-hybridized carbons (Fsp3) is 0.500. The van der Waals surface area contributed by atoms with Gasteiger partial charge in [0.2, 0.25) is 0 Å². The van der Waals surface area contributed by atoms with Crippen molar-refractivity contribution >= 4 is 11.6 Å². The van der Waals surface area contributed by atoms with Gasteiger partial charge in [0.25, 0.3) is 0 Å². The van der Waals surface area contributed by atoms with E-state index in [-0.39, 0.29) is 0 Å². The van der Waals surface area contributed by atoms with Crippen molar-refractivity contribution in [1.82, 2.24) is 19.5 Å². The molecule has 0 N–H and O–H groups in total. The smallest absolute Gasteiger partial charge is 0.155 e. The van der Waals surface area contributed by atoms with Crippen LogP contribution in [0.4, 0.5) is 0 Å². The standard InChI is InChI=1S/C14H19ClN4O/c1-3-6-19-7-5-16-14(19)9-11-8-12(15)18-13(17-11)10-20-4-2/h5,7-8H,3-4,6,9-10H2,1-2H3. The summed E-state index contributed by atoms with van der Waals surface area (Å²) in [4.78, 5) is 13.0. The largest absolute Gasteiger partial charge is 0.374 e. The molecule has 0 unspecified atom stereocenters. The van der Waals surface area contributed by atoms with Gasteiger partial charge in [-0.15, -0.1) is 0 Å². The molecule has 2 heterocycles. The molecule has 0 saturated carbocycles. The van der Waals surface area contributed by atoms with Gasteiger partial charge in [0.1, 0.15) is 17.6 Å². The number of aromatic nitrogens is 4. The Morgan fingerprint density at radius 2 is 2.15 bits per heavy atom. The van der Waals surface area contributed by atoms with Crippen molar-refractivity contribution in [2.24, 2.45) is 0 Å². The molecule has 0 aliphatic rings. The first-order valence-corrected chi connectivity index (χ1v) is 7.20. The molecule has 0 spiro atoms. The molecular weight excluding hydrogens is 276 g/mol. The third-order valence-corrected chi connectivity index (χ3v) is 3.03. The van der Waals surface area contributed by atoms with Gasteiger partial charge in [0.05, 0.1) is 5.69 Å². The molecule has 0 amide bonds. The van der Waals surface area contributed by atoms with E-state index in [1.165, 1.54) is 0 Å². The van der Waals surface area contributed by atoms with E-state index in [2.05, 4.69) is 26.4 Å². The Hall–Kier alpha value is -1.46. The molecule has 0 aliphatic heterocycles. The lowest BCUT2D eigenvalue weighted by atomic mass is 10.2. The Labute approximate surface area is 124 Å². The van der Waals surface area contributed by atoms with Crippen molar-refractivity contribution in [3.8, 4) is 0 Å². The predicted octanol–water partition coefficient (Wildman–Crippen LogP) is 2.86. The fourth-order valence-corrected chi connectivity index (χ4v) is 2.20. The van der Waals surface area contributed by atoms with Gasteiger partial charge >= 0.3 is 0 Å². The van der Waals surface area contributed by atoms with Crippen LogP contribution in [0.25, 0.3) is 0 Å². The molecular formula is C14H19ClN4O. The summed E-state index contributed by atoms with van der Waals surface area (Å²) in [5, 5.41) is 0.443. The molecule has 0 bridgehead atoms. The lowest BCUT2D eigenvalue weighted by Crippen LogP contribution is -2.07. The maximum Gasteiger partial charge on any atom is 0.155 e. The van der Waals surface area contributed by atoms with Crippen LogP contribution in [0.2, 0.25) is 5.15 Å². The summed E-state index contributed by atoms with van der Waals surface area (Å²) < 4.78 is 7.46. The number of rotatable bonds is 7. The molecule has 2 aromatic heterocycles. The Kier molecular flexibility index (Phi) is 5.49. The molecule has 2 aromatic rings. The Morgan fingerprint density at radius 3 is 2.90 bits per heavy atom. The van der Waals surface area contributed by atoms with E-state index in [4.69, 9.17) is 16.3 Å². The first-order valence-electron chi connectivity index (χ1n) is 6.83. The summed E-state index contributed by atoms with van der Waals surface area (Å²) in [5.74, 6) is 1.60. The molecule has 0 saturated heterocycles. The van der Waals surface area contributed by atoms with E-state index in [0.29, 0.717) is 30.6 Å². The number of hydrogen-bond donors (Lipinski definition) is 0. The van der Waals surface area contributed by atoms with Crippen LogP contribution < -0.4 is 0 Å². The third-order valence-electron chi connectivity index (χ3n) is 2.83. The van der Waals surface area contributed by atoms with E-state index < -0.39 is 0 Å². The third kappa shape index (κ3) is 4.02. The van der Waals surface area contributed by atoms with Crippen LogP contribution in [-0.4, -0.2) is 26.1 Å². The molecule has 0 fully saturated rings. The van der Waals surface area contributed by atoms with Crippen LogP contribution in [-0.2, 0) is 24.3 Å². The number of nitrogens with zero attached hydrogens (tertiary/aromatic N) is 4. The minimum absolute atomic E-state index is 0.382. The first-order chi connectivity index (χ1) is 9.72. The van der Waals surface area contributed by atoms with Gasteiger partial charge in [-0.2, -0.15) is 0 Å². The van der Waals surface area contributed by atoms with E-state index >= 15 is 0 Å². The molecule has 0 atom stereocenters. The summed E-state index contributed by atoms with van der Waals surface area (Å²) in [6.45, 7) is 6.05. The zero-order valence-electron chi connectivity index (χ0n) is 11.8. The Morgan fingerprint density at radius 1 is 1.30 bits per heavy atom. The number of imidazole rings is 1. The van der Waals surface area contributed by atoms with Crippen LogP contribution in [0, 0.1) is 0 Å². The zero-order chi connectivity index (χ0) is 14.4. The van der Waals surface area contributed by atoms with Gasteiger partial charge in [-0.25, -0.2) is 15.0 Å². The lowest BCUT2D eigenvalue weighted by Gasteiger charge is -2.07. The number of aryl methyl sites for hydroxylation is 1. The number of hydrogen-bond acceptors (Lipinski definition) is 4. The summed E-state index contributed by atoms with van der Waals surface area (Å²) >= 11 is 6.04. The SMILES string of the molecule is CCCn1ccnc1Cc1cc(Cl)nc(COCC)n1. The second-order valence-corrected chi connectivity index (χ2v) is 4.84. The molecule has 2 rings (SSSR count). The van der Waals surface area contributed by atoms with Crippen molar-refractivity contribution in [3.63, 3.8) is 0 Å². The minimum Gasteiger partial charge on any atom is -0.374 e. The summed E-state index contributed by atoms with van der Waals surface area (Å²) in [6.07, 6.45) is 5.52. The van der Waals surface area contributed by atoms with Gasteiger partial charge in [-0.3, -0.25) is 0 Å². The average molecular weight is 295 g/mol. The first kappa shape index (κ1) is 14.9. The molecule has 0 aromatic carbocycles. The quantitative estimate of drug-likeness (QED) is 0.737. The maximum atomic E-state index is 6.04. The highest BCUT2D eigenvalue weighted by Gasteiger charge is 2.08. The zero-order valence-corrected chi connectivity index (χ0v) is 12.6. The van der Waals surface area contributed by atoms with E-state index in [9.17, 15) is 0 Å². The van der Waals surface area contributed by atoms with E-state index in [1.807, 2.05) is 19.3 Å². The monoisotopic (exact) mass is 294 g/mol. The van der Waals surface area contributed by atoms with Gasteiger partial charge in [-0.1, -0.05) is 18.5 Å². The highest BCUT2D eigenvalue weighted by atomic mass is 35.5. The minimum atomic E-state index is 0.382. The van der Waals surface area contributed by atoms with Crippen molar-refractivity contribution in [1.29, 1.82) is 0 Å². The number of ether oxygens (including phenoxy) is 1. The van der Waals surface area contributed by atoms with Crippen LogP contribution in [0.5, 0.6) is 0 Å². The van der Waals surface area contributed by atoms with Crippen LogP contribution in [0.3, 0.4) is 0 Å². The molecule has 6 heteroatoms. The molecule has 108 valence electrons. The average Bonchev–Trinajstić information content (AvgIpc) is 2.84. The summed E-state index contributed by atoms with van der Waals surface area (Å²) in [7, 11) is 0. The van der Waals surface area contributed by atoms with Crippen LogP contribution in [0.1, 0.15) is 37.6 Å². The van der Waals surface area contributed by atoms with Crippen molar-refractivity contribution < 1.29 is 4.74 Å². The molecule has 0 aliphatic carbocycles. The lowest BCUT2D eigenvalue weighted by molar-refractivity contribution is 0.128. The van der Waals surface area contributed by atoms with E-state index in [0.717, 1.165) is 24.5 Å². The van der Waals surface area contributed by atoms with Crippen molar-refractivity contribution in [2.75, 3.05) is 6.61 Å². The van der Waals surface area contributed by atoms with Crippen LogP contribution in [0.15, 0.2) is 18.5 Å². The molecule has 0 radical (unpaired) electrons. The number of halogens is 1. The van der Waals surface area contributed by atoms with Crippen molar-refractivity contribution in [2.45, 2.75) is 39.8 Å². The van der Waals surface area contributed by atoms with Gasteiger partial charge < -0.3 is 9.30 Å². The highest BCUT2D eigenvalue weighted by molar-refractivity contribution is 6.29. The maximum absolute atomic E-state index is 6.04. The molecule has 5 nitrogen and oxygen atoms in total. The topological polar surface area (TPSA) is 52.8 Å². The van der Waals surface area contributed by atoms with E-state index in [1.54, 1.807) is 6.07 Å². The van der Waals surface area contributed by atoms with Crippen molar-refractivity contribution in [3.05, 3.63) is 41.0 Å². The highest BCUT2D eigenvalue weighted by Crippen LogP contribution is 2.12. The normalized spacial score (nSPS) is 10.9. The fourth-order valence-electron chi connectivity index (χ4n) is 1.98. The van der Waals surface area contributed by atoms with Gasteiger partial charge in [0, 0.05) is 32.0 Å². The molecule has 20 heavy (non-hydrogen) atoms. The predicted molar refractivity (Wildman–Crippen MR) is 77.7 cm³/mol. The van der Waals surface area contributed by atoms with Gasteiger partial charge in [0.15, 0.2) is 5.82 Å². The summed E-state index contributed by atoms with van der Waals surface area (Å²) in [5.41, 5.74) is 0.864. The van der Waals surface area contributed by atoms with Gasteiger partial charge in [-0.05, 0) is 19.4 Å². The summed E-state index contributed by atoms with van der Waals surface area (Å²) in [6, 6.07) is 1.78. The van der Waals surface area contributed by atoms with Crippen LogP contribution >= 0.6 is 11.6 Å².